The molecule has 1 heterocycles. The van der Waals surface area contributed by atoms with Crippen LogP contribution in [0.25, 0.3) is 0 Å². The second-order valence-corrected chi connectivity index (χ2v) is 5.56. The summed E-state index contributed by atoms with van der Waals surface area (Å²) in [6.45, 7) is 0.304. The molecule has 0 saturated carbocycles. The topological polar surface area (TPSA) is 96.9 Å². The van der Waals surface area contributed by atoms with Crippen molar-refractivity contribution in [3.8, 4) is 11.5 Å². The highest BCUT2D eigenvalue weighted by Crippen LogP contribution is 2.27. The molecule has 2 aromatic rings. The van der Waals surface area contributed by atoms with Crippen LogP contribution in [0.15, 0.2) is 30.3 Å². The molecule has 23 heavy (non-hydrogen) atoms. The van der Waals surface area contributed by atoms with Gasteiger partial charge >= 0.3 is 0 Å². The van der Waals surface area contributed by atoms with Gasteiger partial charge in [0.25, 0.3) is 11.8 Å². The molecule has 2 amide bonds. The first-order chi connectivity index (χ1) is 11.1. The summed E-state index contributed by atoms with van der Waals surface area (Å²) >= 11 is 0.994. The number of nitrogens with one attached hydrogen (secondary N) is 2. The standard InChI is InChI=1S/C15H16N2O5S/c1-21-10-4-3-9(7-11(10)22-2)8-16-14(18)12-5-6-13(23-12)15(19)17-20/h3-7,20H,8H2,1-2H3,(H,16,18)(H,17,19). The molecule has 2 rings (SSSR count). The van der Waals surface area contributed by atoms with Gasteiger partial charge in [0.15, 0.2) is 11.5 Å². The smallest absolute Gasteiger partial charge is 0.284 e. The summed E-state index contributed by atoms with van der Waals surface area (Å²) < 4.78 is 10.4. The highest BCUT2D eigenvalue weighted by molar-refractivity contribution is 7.15. The normalized spacial score (nSPS) is 10.0. The fraction of sp³-hybridized carbons (Fsp3) is 0.200. The minimum atomic E-state index is -0.644. The number of hydrogen-bond donors (Lipinski definition) is 3. The van der Waals surface area contributed by atoms with E-state index in [0.29, 0.717) is 22.9 Å². The molecule has 8 heteroatoms. The predicted octanol–water partition coefficient (Wildman–Crippen LogP) is 1.81. The summed E-state index contributed by atoms with van der Waals surface area (Å²) in [5, 5.41) is 11.3. The Kier molecular flexibility index (Phi) is 5.56. The van der Waals surface area contributed by atoms with Crippen molar-refractivity contribution < 1.29 is 24.3 Å². The zero-order valence-corrected chi connectivity index (χ0v) is 13.4. The molecular weight excluding hydrogens is 320 g/mol. The van der Waals surface area contributed by atoms with Crippen molar-refractivity contribution in [3.63, 3.8) is 0 Å². The average molecular weight is 336 g/mol. The van der Waals surface area contributed by atoms with E-state index in [2.05, 4.69) is 5.32 Å². The van der Waals surface area contributed by atoms with Crippen LogP contribution in [0.4, 0.5) is 0 Å². The SMILES string of the molecule is COc1ccc(CNC(=O)c2ccc(C(=O)NO)s2)cc1OC. The van der Waals surface area contributed by atoms with E-state index < -0.39 is 5.91 Å². The molecule has 1 aromatic carbocycles. The monoisotopic (exact) mass is 336 g/mol. The molecule has 0 unspecified atom stereocenters. The number of benzene rings is 1. The van der Waals surface area contributed by atoms with Crippen LogP contribution in [0.5, 0.6) is 11.5 Å². The van der Waals surface area contributed by atoms with Gasteiger partial charge in [-0.15, -0.1) is 11.3 Å². The Labute approximate surface area is 136 Å². The van der Waals surface area contributed by atoms with Gasteiger partial charge in [0.2, 0.25) is 0 Å². The van der Waals surface area contributed by atoms with E-state index in [0.717, 1.165) is 16.9 Å². The summed E-state index contributed by atoms with van der Waals surface area (Å²) in [4.78, 5) is 24.0. The number of hydrogen-bond acceptors (Lipinski definition) is 6. The molecule has 0 fully saturated rings. The van der Waals surface area contributed by atoms with Gasteiger partial charge in [-0.3, -0.25) is 14.8 Å². The Bertz CT molecular complexity index is 714. The molecule has 0 aliphatic heterocycles. The van der Waals surface area contributed by atoms with Crippen molar-refractivity contribution in [1.82, 2.24) is 10.8 Å². The lowest BCUT2D eigenvalue weighted by Gasteiger charge is -2.10. The lowest BCUT2D eigenvalue weighted by Crippen LogP contribution is -2.21. The van der Waals surface area contributed by atoms with Gasteiger partial charge in [-0.05, 0) is 29.8 Å². The molecule has 122 valence electrons. The maximum absolute atomic E-state index is 12.1. The largest absolute Gasteiger partial charge is 0.493 e. The van der Waals surface area contributed by atoms with Crippen LogP contribution in [0.2, 0.25) is 0 Å². The Morgan fingerprint density at radius 2 is 1.70 bits per heavy atom. The second-order valence-electron chi connectivity index (χ2n) is 4.48. The number of rotatable bonds is 6. The Hall–Kier alpha value is -2.58. The van der Waals surface area contributed by atoms with Crippen molar-refractivity contribution in [3.05, 3.63) is 45.6 Å². The van der Waals surface area contributed by atoms with Crippen LogP contribution in [-0.2, 0) is 6.54 Å². The average Bonchev–Trinajstić information content (AvgIpc) is 3.08. The molecule has 1 aromatic heterocycles. The third kappa shape index (κ3) is 3.99. The van der Waals surface area contributed by atoms with E-state index in [4.69, 9.17) is 14.7 Å². The first-order valence-corrected chi connectivity index (χ1v) is 7.44. The lowest BCUT2D eigenvalue weighted by atomic mass is 10.2. The van der Waals surface area contributed by atoms with Crippen molar-refractivity contribution >= 4 is 23.2 Å². The molecule has 0 bridgehead atoms. The lowest BCUT2D eigenvalue weighted by molar-refractivity contribution is 0.0711. The molecule has 3 N–H and O–H groups in total. The van der Waals surface area contributed by atoms with Gasteiger partial charge in [0, 0.05) is 6.54 Å². The quantitative estimate of drug-likeness (QED) is 0.552. The number of ether oxygens (including phenoxy) is 2. The van der Waals surface area contributed by atoms with E-state index in [1.165, 1.54) is 17.6 Å². The first-order valence-electron chi connectivity index (χ1n) is 6.62. The summed E-state index contributed by atoms with van der Waals surface area (Å²) in [5.41, 5.74) is 2.38. The van der Waals surface area contributed by atoms with Crippen molar-refractivity contribution in [2.75, 3.05) is 14.2 Å². The molecule has 0 atom stereocenters. The van der Waals surface area contributed by atoms with Crippen LogP contribution in [0.1, 0.15) is 24.9 Å². The van der Waals surface area contributed by atoms with Crippen LogP contribution >= 0.6 is 11.3 Å². The van der Waals surface area contributed by atoms with Crippen molar-refractivity contribution in [1.29, 1.82) is 0 Å². The molecule has 0 aliphatic carbocycles. The molecule has 0 radical (unpaired) electrons. The maximum atomic E-state index is 12.1. The molecule has 0 saturated heterocycles. The Morgan fingerprint density at radius 3 is 2.30 bits per heavy atom. The molecule has 0 spiro atoms. The van der Waals surface area contributed by atoms with Gasteiger partial charge in [0.1, 0.15) is 0 Å². The molecular formula is C15H16N2O5S. The third-order valence-electron chi connectivity index (χ3n) is 3.06. The van der Waals surface area contributed by atoms with Crippen LogP contribution in [-0.4, -0.2) is 31.2 Å². The number of carbonyl (C=O) groups excluding carboxylic acids is 2. The van der Waals surface area contributed by atoms with E-state index in [9.17, 15) is 9.59 Å². The van der Waals surface area contributed by atoms with Gasteiger partial charge in [-0.25, -0.2) is 5.48 Å². The minimum absolute atomic E-state index is 0.253. The Morgan fingerprint density at radius 1 is 1.04 bits per heavy atom. The van der Waals surface area contributed by atoms with Crippen LogP contribution in [0.3, 0.4) is 0 Å². The number of methoxy groups -OCH3 is 2. The zero-order chi connectivity index (χ0) is 16.8. The van der Waals surface area contributed by atoms with Crippen LogP contribution in [0, 0.1) is 0 Å². The zero-order valence-electron chi connectivity index (χ0n) is 12.6. The van der Waals surface area contributed by atoms with Crippen LogP contribution < -0.4 is 20.3 Å². The fourth-order valence-corrected chi connectivity index (χ4v) is 2.71. The molecule has 0 aliphatic rings. The third-order valence-corrected chi connectivity index (χ3v) is 4.14. The summed E-state index contributed by atoms with van der Waals surface area (Å²) in [6, 6.07) is 8.36. The van der Waals surface area contributed by atoms with Gasteiger partial charge in [-0.2, -0.15) is 0 Å². The highest BCUT2D eigenvalue weighted by Gasteiger charge is 2.13. The number of carbonyl (C=O) groups is 2. The van der Waals surface area contributed by atoms with E-state index in [1.807, 2.05) is 6.07 Å². The van der Waals surface area contributed by atoms with E-state index in [1.54, 1.807) is 26.4 Å². The second kappa shape index (κ2) is 7.61. The number of thiophene rings is 1. The summed E-state index contributed by atoms with van der Waals surface area (Å²) in [6.07, 6.45) is 0. The van der Waals surface area contributed by atoms with Gasteiger partial charge in [-0.1, -0.05) is 6.07 Å². The Balaban J connectivity index is 2.01. The van der Waals surface area contributed by atoms with Crippen molar-refractivity contribution in [2.45, 2.75) is 6.54 Å². The number of amides is 2. The van der Waals surface area contributed by atoms with Gasteiger partial charge in [0.05, 0.1) is 24.0 Å². The fourth-order valence-electron chi connectivity index (χ4n) is 1.90. The predicted molar refractivity (Wildman–Crippen MR) is 84.3 cm³/mol. The summed E-state index contributed by atoms with van der Waals surface area (Å²) in [5.74, 6) is 0.244. The van der Waals surface area contributed by atoms with E-state index in [-0.39, 0.29) is 10.8 Å². The maximum Gasteiger partial charge on any atom is 0.284 e. The van der Waals surface area contributed by atoms with E-state index >= 15 is 0 Å². The minimum Gasteiger partial charge on any atom is -0.493 e. The highest BCUT2D eigenvalue weighted by atomic mass is 32.1. The molecule has 7 nitrogen and oxygen atoms in total. The number of hydroxylamine groups is 1. The summed E-state index contributed by atoms with van der Waals surface area (Å²) in [7, 11) is 3.09. The van der Waals surface area contributed by atoms with Gasteiger partial charge < -0.3 is 14.8 Å². The van der Waals surface area contributed by atoms with Crippen molar-refractivity contribution in [2.24, 2.45) is 0 Å². The first kappa shape index (κ1) is 16.8.